The summed E-state index contributed by atoms with van der Waals surface area (Å²) in [6.07, 6.45) is 18.2. The van der Waals surface area contributed by atoms with Crippen LogP contribution in [0.25, 0.3) is 0 Å². The lowest BCUT2D eigenvalue weighted by molar-refractivity contribution is 0.163. The monoisotopic (exact) mass is 413 g/mol. The van der Waals surface area contributed by atoms with Crippen LogP contribution in [-0.2, 0) is 6.42 Å². The summed E-state index contributed by atoms with van der Waals surface area (Å²) in [5.41, 5.74) is 2.37. The van der Waals surface area contributed by atoms with Crippen molar-refractivity contribution >= 4 is 9.52 Å². The molecule has 29 heavy (non-hydrogen) atoms. The first kappa shape index (κ1) is 22.5. The Hall–Kier alpha value is -1.14. The SMILES string of the molecule is CCCCC[SiH2]C1CCC(C2CCC(CCc3ccc(C#N)c(F)c3)CC2)CC1. The van der Waals surface area contributed by atoms with Crippen molar-refractivity contribution in [2.24, 2.45) is 17.8 Å². The molecule has 0 aliphatic heterocycles. The van der Waals surface area contributed by atoms with Crippen molar-refractivity contribution in [3.63, 3.8) is 0 Å². The number of nitrogens with zero attached hydrogens (tertiary/aromatic N) is 1. The Morgan fingerprint density at radius 1 is 1.00 bits per heavy atom. The second-order valence-corrected chi connectivity index (χ2v) is 12.3. The minimum absolute atomic E-state index is 0.160. The lowest BCUT2D eigenvalue weighted by atomic mass is 9.70. The van der Waals surface area contributed by atoms with Crippen LogP contribution in [0.4, 0.5) is 4.39 Å². The number of aryl methyl sites for hydroxylation is 1. The van der Waals surface area contributed by atoms with Gasteiger partial charge in [-0.05, 0) is 61.1 Å². The Labute approximate surface area is 180 Å². The maximum atomic E-state index is 13.8. The molecule has 0 heterocycles. The second-order valence-electron chi connectivity index (χ2n) is 9.88. The summed E-state index contributed by atoms with van der Waals surface area (Å²) in [7, 11) is 0.201. The maximum absolute atomic E-state index is 13.8. The van der Waals surface area contributed by atoms with E-state index in [4.69, 9.17) is 5.26 Å². The molecule has 0 bridgehead atoms. The van der Waals surface area contributed by atoms with Gasteiger partial charge in [0.15, 0.2) is 0 Å². The van der Waals surface area contributed by atoms with Crippen molar-refractivity contribution < 1.29 is 4.39 Å². The van der Waals surface area contributed by atoms with E-state index < -0.39 is 0 Å². The van der Waals surface area contributed by atoms with Crippen LogP contribution in [0.2, 0.25) is 11.6 Å². The Balaban J connectivity index is 1.33. The third-order valence-corrected chi connectivity index (χ3v) is 10.5. The third-order valence-electron chi connectivity index (χ3n) is 7.91. The number of nitriles is 1. The van der Waals surface area contributed by atoms with E-state index in [0.29, 0.717) is 0 Å². The molecule has 160 valence electrons. The average Bonchev–Trinajstić information content (AvgIpc) is 2.76. The lowest BCUT2D eigenvalue weighted by Gasteiger charge is -2.38. The van der Waals surface area contributed by atoms with Crippen LogP contribution in [0.15, 0.2) is 18.2 Å². The molecular formula is C26H40FNSi. The molecule has 0 N–H and O–H groups in total. The Kier molecular flexibility index (Phi) is 9.24. The molecule has 0 unspecified atom stereocenters. The molecule has 1 aromatic rings. The van der Waals surface area contributed by atoms with Crippen molar-refractivity contribution in [1.82, 2.24) is 0 Å². The topological polar surface area (TPSA) is 23.8 Å². The highest BCUT2D eigenvalue weighted by Crippen LogP contribution is 2.43. The number of hydrogen-bond acceptors (Lipinski definition) is 1. The van der Waals surface area contributed by atoms with E-state index in [1.54, 1.807) is 31.0 Å². The van der Waals surface area contributed by atoms with Crippen LogP contribution >= 0.6 is 0 Å². The van der Waals surface area contributed by atoms with Crippen molar-refractivity contribution in [1.29, 1.82) is 5.26 Å². The normalized spacial score (nSPS) is 27.9. The van der Waals surface area contributed by atoms with Gasteiger partial charge in [-0.2, -0.15) is 5.26 Å². The first-order valence-corrected chi connectivity index (χ1v) is 14.2. The first-order valence-electron chi connectivity index (χ1n) is 12.4. The summed E-state index contributed by atoms with van der Waals surface area (Å²) in [5, 5.41) is 8.86. The zero-order valence-electron chi connectivity index (χ0n) is 18.5. The van der Waals surface area contributed by atoms with Gasteiger partial charge in [-0.25, -0.2) is 4.39 Å². The van der Waals surface area contributed by atoms with Crippen LogP contribution in [0.3, 0.4) is 0 Å². The minimum atomic E-state index is -0.363. The molecule has 0 aromatic heterocycles. The number of rotatable bonds is 9. The molecule has 0 saturated heterocycles. The molecular weight excluding hydrogens is 373 g/mol. The molecule has 2 saturated carbocycles. The van der Waals surface area contributed by atoms with E-state index in [0.717, 1.165) is 35.3 Å². The number of halogens is 1. The molecule has 2 aliphatic carbocycles. The van der Waals surface area contributed by atoms with Gasteiger partial charge in [0.25, 0.3) is 0 Å². The van der Waals surface area contributed by atoms with Crippen LogP contribution < -0.4 is 0 Å². The Morgan fingerprint density at radius 2 is 1.69 bits per heavy atom. The van der Waals surface area contributed by atoms with Gasteiger partial charge in [0.05, 0.1) is 5.56 Å². The van der Waals surface area contributed by atoms with E-state index in [-0.39, 0.29) is 20.9 Å². The highest BCUT2D eigenvalue weighted by atomic mass is 28.2. The smallest absolute Gasteiger partial charge is 0.141 e. The van der Waals surface area contributed by atoms with Gasteiger partial charge >= 0.3 is 0 Å². The summed E-state index contributed by atoms with van der Waals surface area (Å²) in [4.78, 5) is 0. The zero-order chi connectivity index (χ0) is 20.5. The number of unbranched alkanes of at least 4 members (excludes halogenated alkanes) is 2. The van der Waals surface area contributed by atoms with Crippen LogP contribution in [0.1, 0.15) is 95.1 Å². The molecule has 0 radical (unpaired) electrons. The van der Waals surface area contributed by atoms with Gasteiger partial charge in [-0.1, -0.05) is 82.4 Å². The Bertz CT molecular complexity index is 651. The first-order chi connectivity index (χ1) is 14.2. The van der Waals surface area contributed by atoms with Crippen LogP contribution in [0, 0.1) is 34.9 Å². The van der Waals surface area contributed by atoms with Gasteiger partial charge in [0, 0.05) is 9.52 Å². The van der Waals surface area contributed by atoms with Gasteiger partial charge in [-0.15, -0.1) is 0 Å². The fraction of sp³-hybridized carbons (Fsp3) is 0.731. The molecule has 1 nitrogen and oxygen atoms in total. The summed E-state index contributed by atoms with van der Waals surface area (Å²) in [6, 6.07) is 8.62. The van der Waals surface area contributed by atoms with Crippen molar-refractivity contribution in [2.45, 2.75) is 102 Å². The molecule has 2 aliphatic rings. The highest BCUT2D eigenvalue weighted by Gasteiger charge is 2.30. The van der Waals surface area contributed by atoms with Gasteiger partial charge in [0.1, 0.15) is 11.9 Å². The molecule has 3 heteroatoms. The van der Waals surface area contributed by atoms with Crippen molar-refractivity contribution in [2.75, 3.05) is 0 Å². The van der Waals surface area contributed by atoms with E-state index >= 15 is 0 Å². The average molecular weight is 414 g/mol. The highest BCUT2D eigenvalue weighted by molar-refractivity contribution is 6.37. The fourth-order valence-corrected chi connectivity index (χ4v) is 8.20. The van der Waals surface area contributed by atoms with Crippen molar-refractivity contribution in [3.05, 3.63) is 35.1 Å². The quantitative estimate of drug-likeness (QED) is 0.310. The van der Waals surface area contributed by atoms with Gasteiger partial charge in [-0.3, -0.25) is 0 Å². The standard InChI is InChI=1S/C26H40FNSi/c1-2-3-4-17-29-25-15-13-23(14-16-25)22-10-7-20(8-11-22)5-6-21-9-12-24(19-28)26(27)18-21/h9,12,18,20,22-23,25H,2-8,10-11,13-17,29H2,1H3. The molecule has 0 spiro atoms. The van der Waals surface area contributed by atoms with E-state index in [9.17, 15) is 4.39 Å². The summed E-state index contributed by atoms with van der Waals surface area (Å²) < 4.78 is 13.8. The van der Waals surface area contributed by atoms with Crippen LogP contribution in [0.5, 0.6) is 0 Å². The Morgan fingerprint density at radius 3 is 2.31 bits per heavy atom. The van der Waals surface area contributed by atoms with Crippen molar-refractivity contribution in [3.8, 4) is 6.07 Å². The van der Waals surface area contributed by atoms with Gasteiger partial charge < -0.3 is 0 Å². The molecule has 0 amide bonds. The maximum Gasteiger partial charge on any atom is 0.141 e. The number of benzene rings is 1. The largest absolute Gasteiger partial charge is 0.206 e. The van der Waals surface area contributed by atoms with E-state index in [1.807, 2.05) is 12.1 Å². The molecule has 0 atom stereocenters. The predicted molar refractivity (Wildman–Crippen MR) is 123 cm³/mol. The minimum Gasteiger partial charge on any atom is -0.206 e. The summed E-state index contributed by atoms with van der Waals surface area (Å²) >= 11 is 0. The zero-order valence-corrected chi connectivity index (χ0v) is 19.9. The second kappa shape index (κ2) is 11.9. The number of hydrogen-bond donors (Lipinski definition) is 0. The molecule has 3 rings (SSSR count). The van der Waals surface area contributed by atoms with Gasteiger partial charge in [0.2, 0.25) is 0 Å². The lowest BCUT2D eigenvalue weighted by Crippen LogP contribution is -2.26. The molecule has 1 aromatic carbocycles. The summed E-state index contributed by atoms with van der Waals surface area (Å²) in [5.74, 6) is 2.45. The van der Waals surface area contributed by atoms with E-state index in [2.05, 4.69) is 6.92 Å². The fourth-order valence-electron chi connectivity index (χ4n) is 5.93. The third kappa shape index (κ3) is 6.95. The molecule has 2 fully saturated rings. The predicted octanol–water partition coefficient (Wildman–Crippen LogP) is 7.19. The van der Waals surface area contributed by atoms with Crippen LogP contribution in [-0.4, -0.2) is 9.52 Å². The summed E-state index contributed by atoms with van der Waals surface area (Å²) in [6.45, 7) is 2.31. The van der Waals surface area contributed by atoms with E-state index in [1.165, 1.54) is 64.2 Å².